The minimum absolute atomic E-state index is 0. The quantitative estimate of drug-likeness (QED) is 0.222. The number of aliphatic imine (C=N–C) groups is 1. The third-order valence-electron chi connectivity index (χ3n) is 4.93. The standard InChI is InChI=1S/C21H29NO7S.Na.H/c1-4-16(5-2)29-18-12-15(21(24)28-6-3)11-17(20(18)23)22-13-14-9-7-8-10-19(14)30(25,26)27;;/h7-10,12-13,16-18,20,23H,4-6,11H2,1-3H3,(H,25,26,27);;/q;+1;-1. The maximum atomic E-state index is 12.3. The van der Waals surface area contributed by atoms with Gasteiger partial charge in [-0.05, 0) is 31.9 Å². The van der Waals surface area contributed by atoms with Gasteiger partial charge in [0.15, 0.2) is 0 Å². The molecule has 3 atom stereocenters. The Morgan fingerprint density at radius 3 is 2.52 bits per heavy atom. The summed E-state index contributed by atoms with van der Waals surface area (Å²) in [4.78, 5) is 16.3. The fourth-order valence-corrected chi connectivity index (χ4v) is 3.94. The maximum Gasteiger partial charge on any atom is 1.00 e. The van der Waals surface area contributed by atoms with Crippen molar-refractivity contribution < 1.29 is 63.3 Å². The molecule has 168 valence electrons. The van der Waals surface area contributed by atoms with Crippen molar-refractivity contribution in [3.05, 3.63) is 41.5 Å². The van der Waals surface area contributed by atoms with E-state index in [4.69, 9.17) is 9.47 Å². The van der Waals surface area contributed by atoms with Crippen molar-refractivity contribution in [3.63, 3.8) is 0 Å². The number of esters is 1. The first-order valence-corrected chi connectivity index (χ1v) is 11.5. The molecule has 0 amide bonds. The third-order valence-corrected chi connectivity index (χ3v) is 5.85. The Morgan fingerprint density at radius 2 is 1.94 bits per heavy atom. The molecule has 1 aromatic rings. The van der Waals surface area contributed by atoms with E-state index in [1.54, 1.807) is 19.1 Å². The van der Waals surface area contributed by atoms with Crippen LogP contribution >= 0.6 is 0 Å². The first-order chi connectivity index (χ1) is 14.2. The van der Waals surface area contributed by atoms with Gasteiger partial charge in [0, 0.05) is 23.8 Å². The summed E-state index contributed by atoms with van der Waals surface area (Å²) in [6.07, 6.45) is 2.61. The van der Waals surface area contributed by atoms with Gasteiger partial charge < -0.3 is 16.0 Å². The molecule has 0 bridgehead atoms. The molecule has 0 aromatic heterocycles. The van der Waals surface area contributed by atoms with E-state index < -0.39 is 34.3 Å². The fourth-order valence-electron chi connectivity index (χ4n) is 3.27. The number of hydrogen-bond acceptors (Lipinski definition) is 7. The van der Waals surface area contributed by atoms with Crippen LogP contribution in [0.4, 0.5) is 0 Å². The van der Waals surface area contributed by atoms with Crippen LogP contribution in [0.2, 0.25) is 0 Å². The first kappa shape index (κ1) is 28.0. The second-order valence-corrected chi connectivity index (χ2v) is 8.39. The summed E-state index contributed by atoms with van der Waals surface area (Å²) >= 11 is 0. The van der Waals surface area contributed by atoms with Crippen LogP contribution in [0, 0.1) is 0 Å². The van der Waals surface area contributed by atoms with E-state index in [0.29, 0.717) is 5.57 Å². The number of hydrogen-bond donors (Lipinski definition) is 2. The molecular formula is C21H30NNaO7S. The van der Waals surface area contributed by atoms with Crippen LogP contribution in [-0.4, -0.2) is 61.2 Å². The van der Waals surface area contributed by atoms with Crippen LogP contribution in [0.15, 0.2) is 45.8 Å². The molecule has 0 saturated carbocycles. The number of nitrogens with zero attached hydrogens (tertiary/aromatic N) is 1. The second-order valence-electron chi connectivity index (χ2n) is 7.00. The molecule has 0 saturated heterocycles. The number of carbonyl (C=O) groups excluding carboxylic acids is 1. The van der Waals surface area contributed by atoms with Crippen molar-refractivity contribution in [2.45, 2.75) is 69.3 Å². The number of benzene rings is 1. The zero-order valence-corrected chi connectivity index (χ0v) is 21.2. The molecule has 2 N–H and O–H groups in total. The van der Waals surface area contributed by atoms with Gasteiger partial charge in [-0.25, -0.2) is 4.79 Å². The van der Waals surface area contributed by atoms with Gasteiger partial charge in [0.25, 0.3) is 10.1 Å². The van der Waals surface area contributed by atoms with Crippen molar-refractivity contribution in [1.82, 2.24) is 0 Å². The number of aliphatic hydroxyl groups excluding tert-OH is 1. The summed E-state index contributed by atoms with van der Waals surface area (Å²) in [6, 6.07) is 5.09. The van der Waals surface area contributed by atoms with Crippen LogP contribution in [0.3, 0.4) is 0 Å². The van der Waals surface area contributed by atoms with Gasteiger partial charge in [-0.1, -0.05) is 32.0 Å². The van der Waals surface area contributed by atoms with Gasteiger partial charge >= 0.3 is 35.5 Å². The predicted octanol–water partition coefficient (Wildman–Crippen LogP) is -0.335. The Bertz CT molecular complexity index is 903. The predicted molar refractivity (Wildman–Crippen MR) is 113 cm³/mol. The Kier molecular flexibility index (Phi) is 11.6. The minimum atomic E-state index is -4.43. The Labute approximate surface area is 207 Å². The first-order valence-electron chi connectivity index (χ1n) is 10.0. The van der Waals surface area contributed by atoms with Gasteiger partial charge in [0.05, 0.1) is 18.8 Å². The van der Waals surface area contributed by atoms with Crippen LogP contribution in [0.5, 0.6) is 0 Å². The van der Waals surface area contributed by atoms with Gasteiger partial charge in [-0.3, -0.25) is 9.55 Å². The Balaban J connectivity index is 0.00000480. The average Bonchev–Trinajstić information content (AvgIpc) is 2.71. The molecule has 1 aromatic carbocycles. The molecule has 1 aliphatic rings. The molecule has 0 aliphatic heterocycles. The van der Waals surface area contributed by atoms with E-state index in [0.717, 1.165) is 12.8 Å². The van der Waals surface area contributed by atoms with Gasteiger partial charge in [-0.2, -0.15) is 8.42 Å². The zero-order chi connectivity index (χ0) is 22.3. The summed E-state index contributed by atoms with van der Waals surface area (Å²) < 4.78 is 43.6. The molecule has 0 spiro atoms. The van der Waals surface area contributed by atoms with E-state index in [-0.39, 0.29) is 60.6 Å². The van der Waals surface area contributed by atoms with Crippen molar-refractivity contribution in [3.8, 4) is 0 Å². The number of rotatable bonds is 9. The molecule has 0 heterocycles. The summed E-state index contributed by atoms with van der Waals surface area (Å²) in [5.41, 5.74) is 0.528. The van der Waals surface area contributed by atoms with Crippen LogP contribution < -0.4 is 29.6 Å². The minimum Gasteiger partial charge on any atom is -1.00 e. The summed E-state index contributed by atoms with van der Waals surface area (Å²) in [5, 5.41) is 10.8. The molecule has 0 fully saturated rings. The monoisotopic (exact) mass is 463 g/mol. The normalized spacial score (nSPS) is 21.6. The molecule has 0 radical (unpaired) electrons. The van der Waals surface area contributed by atoms with Crippen LogP contribution in [0.1, 0.15) is 47.0 Å². The Hall–Kier alpha value is -1.07. The van der Waals surface area contributed by atoms with Crippen molar-refractivity contribution in [2.24, 2.45) is 4.99 Å². The molecule has 1 aliphatic carbocycles. The maximum absolute atomic E-state index is 12.3. The van der Waals surface area contributed by atoms with Crippen molar-refractivity contribution in [1.29, 1.82) is 0 Å². The number of aliphatic hydroxyl groups is 1. The number of ether oxygens (including phenoxy) is 2. The SMILES string of the molecule is CCOC(=O)C1=CC(OC(CC)CC)C(O)C(N=Cc2ccccc2S(=O)(=O)O)C1.[H-].[Na+]. The van der Waals surface area contributed by atoms with Crippen molar-refractivity contribution in [2.75, 3.05) is 6.61 Å². The average molecular weight is 464 g/mol. The molecule has 3 unspecified atom stereocenters. The van der Waals surface area contributed by atoms with E-state index >= 15 is 0 Å². The fraction of sp³-hybridized carbons (Fsp3) is 0.524. The summed E-state index contributed by atoms with van der Waals surface area (Å²) in [6.45, 7) is 5.87. The molecule has 10 heteroatoms. The largest absolute Gasteiger partial charge is 1.00 e. The summed E-state index contributed by atoms with van der Waals surface area (Å²) in [5.74, 6) is -0.499. The second kappa shape index (κ2) is 12.8. The molecule has 31 heavy (non-hydrogen) atoms. The Morgan fingerprint density at radius 1 is 1.29 bits per heavy atom. The van der Waals surface area contributed by atoms with E-state index in [2.05, 4.69) is 4.99 Å². The molecular weight excluding hydrogens is 433 g/mol. The third kappa shape index (κ3) is 7.78. The summed E-state index contributed by atoms with van der Waals surface area (Å²) in [7, 11) is -4.43. The van der Waals surface area contributed by atoms with Gasteiger partial charge in [0.2, 0.25) is 0 Å². The van der Waals surface area contributed by atoms with E-state index in [1.165, 1.54) is 24.4 Å². The van der Waals surface area contributed by atoms with Crippen LogP contribution in [-0.2, 0) is 24.4 Å². The zero-order valence-electron chi connectivity index (χ0n) is 19.4. The molecule has 8 nitrogen and oxygen atoms in total. The van der Waals surface area contributed by atoms with Crippen LogP contribution in [0.25, 0.3) is 0 Å². The molecule has 2 rings (SSSR count). The van der Waals surface area contributed by atoms with Crippen molar-refractivity contribution >= 4 is 22.3 Å². The van der Waals surface area contributed by atoms with E-state index in [9.17, 15) is 22.9 Å². The van der Waals surface area contributed by atoms with E-state index in [1.807, 2.05) is 13.8 Å². The topological polar surface area (TPSA) is 122 Å². The van der Waals surface area contributed by atoms with Gasteiger partial charge in [-0.15, -0.1) is 0 Å². The van der Waals surface area contributed by atoms with Gasteiger partial charge in [0.1, 0.15) is 17.1 Å². The number of carbonyl (C=O) groups is 1. The smallest absolute Gasteiger partial charge is 1.00 e.